The van der Waals surface area contributed by atoms with Crippen LogP contribution in [-0.4, -0.2) is 23.9 Å². The molecule has 0 saturated carbocycles. The van der Waals surface area contributed by atoms with Gasteiger partial charge in [0.1, 0.15) is 0 Å². The summed E-state index contributed by atoms with van der Waals surface area (Å²) in [5.74, 6) is -1.75. The van der Waals surface area contributed by atoms with Crippen molar-refractivity contribution in [3.05, 3.63) is 29.3 Å². The molecule has 0 heterocycles. The smallest absolute Gasteiger partial charge is 0.348 e. The van der Waals surface area contributed by atoms with Crippen LogP contribution in [-0.2, 0) is 4.79 Å². The highest BCUT2D eigenvalue weighted by Crippen LogP contribution is 2.43. The van der Waals surface area contributed by atoms with Crippen molar-refractivity contribution in [2.75, 3.05) is 5.32 Å². The van der Waals surface area contributed by atoms with Gasteiger partial charge in [0, 0.05) is 12.1 Å². The Morgan fingerprint density at radius 2 is 1.52 bits per heavy atom. The van der Waals surface area contributed by atoms with Crippen molar-refractivity contribution in [1.82, 2.24) is 5.32 Å². The number of halogens is 6. The van der Waals surface area contributed by atoms with Crippen LogP contribution in [0.2, 0.25) is 0 Å². The standard InChI is InChI=1S/C16H20F6N2O/c1-9(2)7-13(25)24-14(15(17,18)19,16(20,21)22)23-12-6-5-10(3)11(4)8-12/h5-6,8-9,23H,7H2,1-4H3,(H,24,25). The molecule has 3 nitrogen and oxygen atoms in total. The van der Waals surface area contributed by atoms with Gasteiger partial charge in [0.05, 0.1) is 0 Å². The molecule has 142 valence electrons. The predicted molar refractivity (Wildman–Crippen MR) is 82.0 cm³/mol. The van der Waals surface area contributed by atoms with Crippen LogP contribution in [0.1, 0.15) is 31.4 Å². The molecular weight excluding hydrogens is 350 g/mol. The van der Waals surface area contributed by atoms with E-state index in [1.807, 2.05) is 0 Å². The fourth-order valence-electron chi connectivity index (χ4n) is 2.14. The summed E-state index contributed by atoms with van der Waals surface area (Å²) in [6.07, 6.45) is -12.1. The van der Waals surface area contributed by atoms with Crippen LogP contribution in [0.25, 0.3) is 0 Å². The van der Waals surface area contributed by atoms with Crippen LogP contribution >= 0.6 is 0 Å². The fourth-order valence-corrected chi connectivity index (χ4v) is 2.14. The van der Waals surface area contributed by atoms with Gasteiger partial charge in [0.25, 0.3) is 0 Å². The summed E-state index contributed by atoms with van der Waals surface area (Å²) in [6.45, 7) is 6.25. The molecule has 2 N–H and O–H groups in total. The molecule has 0 spiro atoms. The van der Waals surface area contributed by atoms with Gasteiger partial charge in [0.15, 0.2) is 0 Å². The van der Waals surface area contributed by atoms with Crippen LogP contribution in [0.15, 0.2) is 18.2 Å². The van der Waals surface area contributed by atoms with Crippen molar-refractivity contribution < 1.29 is 31.1 Å². The Balaban J connectivity index is 3.38. The number of anilines is 1. The second-order valence-corrected chi connectivity index (χ2v) is 6.32. The number of hydrogen-bond acceptors (Lipinski definition) is 2. The van der Waals surface area contributed by atoms with E-state index < -0.39 is 41.9 Å². The molecule has 1 aromatic carbocycles. The summed E-state index contributed by atoms with van der Waals surface area (Å²) in [5, 5.41) is 2.59. The van der Waals surface area contributed by atoms with E-state index in [-0.39, 0.29) is 0 Å². The Morgan fingerprint density at radius 1 is 1.00 bits per heavy atom. The summed E-state index contributed by atoms with van der Waals surface area (Å²) >= 11 is 0. The van der Waals surface area contributed by atoms with Gasteiger partial charge in [-0.15, -0.1) is 0 Å². The van der Waals surface area contributed by atoms with Crippen molar-refractivity contribution in [1.29, 1.82) is 0 Å². The molecule has 9 heteroatoms. The summed E-state index contributed by atoms with van der Waals surface area (Å²) in [6, 6.07) is 3.66. The lowest BCUT2D eigenvalue weighted by Crippen LogP contribution is -2.72. The molecule has 0 atom stereocenters. The molecule has 0 radical (unpaired) electrons. The van der Waals surface area contributed by atoms with Gasteiger partial charge < -0.3 is 10.6 Å². The average molecular weight is 370 g/mol. The van der Waals surface area contributed by atoms with Gasteiger partial charge in [-0.05, 0) is 43.0 Å². The summed E-state index contributed by atoms with van der Waals surface area (Å²) in [4.78, 5) is 11.7. The van der Waals surface area contributed by atoms with Crippen LogP contribution in [0.3, 0.4) is 0 Å². The topological polar surface area (TPSA) is 41.1 Å². The number of nitrogens with one attached hydrogen (secondary N) is 2. The molecule has 0 aliphatic heterocycles. The largest absolute Gasteiger partial charge is 0.439 e. The van der Waals surface area contributed by atoms with E-state index in [0.29, 0.717) is 11.1 Å². The zero-order valence-electron chi connectivity index (χ0n) is 14.2. The van der Waals surface area contributed by atoms with Gasteiger partial charge >= 0.3 is 18.0 Å². The van der Waals surface area contributed by atoms with Gasteiger partial charge in [0.2, 0.25) is 5.91 Å². The SMILES string of the molecule is Cc1ccc(NC(NC(=O)CC(C)C)(C(F)(F)F)C(F)(F)F)cc1C. The number of rotatable bonds is 5. The first-order chi connectivity index (χ1) is 11.2. The minimum atomic E-state index is -5.81. The lowest BCUT2D eigenvalue weighted by atomic mass is 10.0. The highest BCUT2D eigenvalue weighted by atomic mass is 19.4. The number of benzene rings is 1. The van der Waals surface area contributed by atoms with Gasteiger partial charge in [-0.3, -0.25) is 4.79 Å². The number of carbonyl (C=O) groups is 1. The maximum absolute atomic E-state index is 13.4. The maximum atomic E-state index is 13.4. The maximum Gasteiger partial charge on any atom is 0.439 e. The Morgan fingerprint density at radius 3 is 1.92 bits per heavy atom. The van der Waals surface area contributed by atoms with Crippen molar-refractivity contribution in [2.24, 2.45) is 5.92 Å². The van der Waals surface area contributed by atoms with E-state index in [2.05, 4.69) is 0 Å². The number of hydrogen-bond donors (Lipinski definition) is 2. The molecule has 25 heavy (non-hydrogen) atoms. The lowest BCUT2D eigenvalue weighted by Gasteiger charge is -2.39. The predicted octanol–water partition coefficient (Wildman–Crippen LogP) is 4.70. The van der Waals surface area contributed by atoms with Crippen molar-refractivity contribution in [3.63, 3.8) is 0 Å². The summed E-state index contributed by atoms with van der Waals surface area (Å²) < 4.78 is 80.6. The fraction of sp³-hybridized carbons (Fsp3) is 0.562. The van der Waals surface area contributed by atoms with E-state index in [1.165, 1.54) is 25.2 Å². The van der Waals surface area contributed by atoms with Crippen molar-refractivity contribution in [2.45, 2.75) is 52.1 Å². The van der Waals surface area contributed by atoms with E-state index in [0.717, 1.165) is 17.4 Å². The van der Waals surface area contributed by atoms with Gasteiger partial charge in [-0.25, -0.2) is 0 Å². The minimum absolute atomic E-state index is 0.400. The third kappa shape index (κ3) is 4.79. The molecule has 0 aliphatic rings. The van der Waals surface area contributed by atoms with Crippen LogP contribution in [0, 0.1) is 19.8 Å². The number of carbonyl (C=O) groups excluding carboxylic acids is 1. The second-order valence-electron chi connectivity index (χ2n) is 6.32. The molecule has 0 saturated heterocycles. The quantitative estimate of drug-likeness (QED) is 0.583. The third-order valence-corrected chi connectivity index (χ3v) is 3.61. The third-order valence-electron chi connectivity index (χ3n) is 3.61. The van der Waals surface area contributed by atoms with E-state index in [9.17, 15) is 31.1 Å². The first-order valence-electron chi connectivity index (χ1n) is 7.49. The van der Waals surface area contributed by atoms with Crippen molar-refractivity contribution in [3.8, 4) is 0 Å². The van der Waals surface area contributed by atoms with Crippen molar-refractivity contribution >= 4 is 11.6 Å². The Hall–Kier alpha value is -1.93. The molecule has 1 amide bonds. The highest BCUT2D eigenvalue weighted by Gasteiger charge is 2.72. The molecule has 0 aromatic heterocycles. The minimum Gasteiger partial charge on any atom is -0.348 e. The number of aryl methyl sites for hydroxylation is 2. The highest BCUT2D eigenvalue weighted by molar-refractivity contribution is 5.78. The second kappa shape index (κ2) is 7.13. The molecule has 1 rings (SSSR count). The molecule has 0 fully saturated rings. The Labute approximate surface area is 141 Å². The van der Waals surface area contributed by atoms with Crippen LogP contribution < -0.4 is 10.6 Å². The molecule has 1 aromatic rings. The number of alkyl halides is 6. The zero-order valence-corrected chi connectivity index (χ0v) is 14.2. The van der Waals surface area contributed by atoms with E-state index >= 15 is 0 Å². The molecular formula is C16H20F6N2O. The van der Waals surface area contributed by atoms with Gasteiger partial charge in [-0.1, -0.05) is 19.9 Å². The monoisotopic (exact) mass is 370 g/mol. The first-order valence-corrected chi connectivity index (χ1v) is 7.49. The summed E-state index contributed by atoms with van der Waals surface area (Å²) in [5.41, 5.74) is -3.76. The Kier molecular flexibility index (Phi) is 6.02. The van der Waals surface area contributed by atoms with E-state index in [4.69, 9.17) is 0 Å². The van der Waals surface area contributed by atoms with E-state index in [1.54, 1.807) is 13.8 Å². The van der Waals surface area contributed by atoms with Crippen LogP contribution in [0.5, 0.6) is 0 Å². The number of amides is 1. The lowest BCUT2D eigenvalue weighted by molar-refractivity contribution is -0.296. The zero-order chi connectivity index (χ0) is 19.6. The van der Waals surface area contributed by atoms with Crippen LogP contribution in [0.4, 0.5) is 32.0 Å². The molecule has 0 bridgehead atoms. The summed E-state index contributed by atoms with van der Waals surface area (Å²) in [7, 11) is 0. The van der Waals surface area contributed by atoms with Gasteiger partial charge in [-0.2, -0.15) is 26.3 Å². The molecule has 0 unspecified atom stereocenters. The molecule has 0 aliphatic carbocycles. The normalized spacial score (nSPS) is 13.1. The first kappa shape index (κ1) is 21.1. The Bertz CT molecular complexity index is 608. The average Bonchev–Trinajstić information content (AvgIpc) is 2.38.